The van der Waals surface area contributed by atoms with Crippen LogP contribution in [0.3, 0.4) is 0 Å². The van der Waals surface area contributed by atoms with Gasteiger partial charge in [-0.05, 0) is 25.0 Å². The first-order valence-electron chi connectivity index (χ1n) is 6.72. The van der Waals surface area contributed by atoms with Crippen molar-refractivity contribution in [2.75, 3.05) is 18.9 Å². The van der Waals surface area contributed by atoms with E-state index in [9.17, 15) is 9.59 Å². The third-order valence-electron chi connectivity index (χ3n) is 2.86. The Morgan fingerprint density at radius 3 is 2.45 bits per heavy atom. The van der Waals surface area contributed by atoms with Crippen LogP contribution in [0.4, 0.5) is 5.82 Å². The molecule has 0 saturated carbocycles. The number of nitrogens with one attached hydrogen (secondary N) is 3. The highest BCUT2D eigenvalue weighted by molar-refractivity contribution is 5.94. The molecule has 0 bridgehead atoms. The molecule has 6 nitrogen and oxygen atoms in total. The first kappa shape index (κ1) is 15.9. The molecule has 1 rings (SSSR count). The zero-order chi connectivity index (χ0) is 15.1. The van der Waals surface area contributed by atoms with Crippen molar-refractivity contribution in [3.63, 3.8) is 0 Å². The zero-order valence-corrected chi connectivity index (χ0v) is 12.4. The molecule has 0 aromatic carbocycles. The Balaban J connectivity index is 2.77. The predicted octanol–water partition coefficient (Wildman–Crippen LogP) is 1.01. The SMILES string of the molecule is CCNC(=O)c1ccc(NC(C(=O)NC)C(C)C)nc1. The summed E-state index contributed by atoms with van der Waals surface area (Å²) in [4.78, 5) is 27.5. The van der Waals surface area contributed by atoms with Crippen LogP contribution in [0.1, 0.15) is 31.1 Å². The normalized spacial score (nSPS) is 11.8. The van der Waals surface area contributed by atoms with Gasteiger partial charge in [-0.3, -0.25) is 9.59 Å². The summed E-state index contributed by atoms with van der Waals surface area (Å²) in [5.74, 6) is 0.452. The number of aromatic nitrogens is 1. The van der Waals surface area contributed by atoms with Crippen LogP contribution in [-0.4, -0.2) is 36.4 Å². The lowest BCUT2D eigenvalue weighted by atomic mass is 10.0. The molecule has 0 saturated heterocycles. The molecule has 0 spiro atoms. The maximum absolute atomic E-state index is 11.8. The molecule has 0 aliphatic rings. The van der Waals surface area contributed by atoms with E-state index in [0.29, 0.717) is 17.9 Å². The number of carbonyl (C=O) groups excluding carboxylic acids is 2. The smallest absolute Gasteiger partial charge is 0.252 e. The minimum atomic E-state index is -0.359. The van der Waals surface area contributed by atoms with Crippen LogP contribution < -0.4 is 16.0 Å². The van der Waals surface area contributed by atoms with Gasteiger partial charge in [-0.1, -0.05) is 13.8 Å². The fourth-order valence-corrected chi connectivity index (χ4v) is 1.73. The molecule has 0 radical (unpaired) electrons. The summed E-state index contributed by atoms with van der Waals surface area (Å²) in [6.45, 7) is 6.34. The number of likely N-dealkylation sites (N-methyl/N-ethyl adjacent to an activating group) is 1. The average Bonchev–Trinajstić information content (AvgIpc) is 2.44. The van der Waals surface area contributed by atoms with Crippen LogP contribution in [0.2, 0.25) is 0 Å². The van der Waals surface area contributed by atoms with Gasteiger partial charge in [0.05, 0.1) is 5.56 Å². The van der Waals surface area contributed by atoms with E-state index in [1.807, 2.05) is 20.8 Å². The van der Waals surface area contributed by atoms with E-state index >= 15 is 0 Å². The summed E-state index contributed by atoms with van der Waals surface area (Å²) in [5.41, 5.74) is 0.499. The lowest BCUT2D eigenvalue weighted by molar-refractivity contribution is -0.122. The summed E-state index contributed by atoms with van der Waals surface area (Å²) in [6, 6.07) is 3.02. The molecule has 20 heavy (non-hydrogen) atoms. The fourth-order valence-electron chi connectivity index (χ4n) is 1.73. The van der Waals surface area contributed by atoms with Gasteiger partial charge in [0, 0.05) is 19.8 Å². The molecule has 3 N–H and O–H groups in total. The van der Waals surface area contributed by atoms with Gasteiger partial charge >= 0.3 is 0 Å². The first-order chi connectivity index (χ1) is 9.49. The van der Waals surface area contributed by atoms with E-state index in [0.717, 1.165) is 0 Å². The van der Waals surface area contributed by atoms with Crippen molar-refractivity contribution in [1.29, 1.82) is 0 Å². The van der Waals surface area contributed by atoms with E-state index in [1.165, 1.54) is 6.20 Å². The molecule has 1 aromatic heterocycles. The number of nitrogens with zero attached hydrogens (tertiary/aromatic N) is 1. The highest BCUT2D eigenvalue weighted by atomic mass is 16.2. The monoisotopic (exact) mass is 278 g/mol. The summed E-state index contributed by atoms with van der Waals surface area (Å²) in [6.07, 6.45) is 1.49. The number of pyridine rings is 1. The number of hydrogen-bond donors (Lipinski definition) is 3. The molecule has 2 amide bonds. The van der Waals surface area contributed by atoms with Crippen molar-refractivity contribution in [2.45, 2.75) is 26.8 Å². The van der Waals surface area contributed by atoms with Crippen molar-refractivity contribution in [2.24, 2.45) is 5.92 Å². The van der Waals surface area contributed by atoms with Gasteiger partial charge in [0.25, 0.3) is 5.91 Å². The van der Waals surface area contributed by atoms with Gasteiger partial charge in [0.15, 0.2) is 0 Å². The number of hydrogen-bond acceptors (Lipinski definition) is 4. The number of anilines is 1. The summed E-state index contributed by atoms with van der Waals surface area (Å²) >= 11 is 0. The molecule has 1 aromatic rings. The minimum absolute atomic E-state index is 0.0883. The van der Waals surface area contributed by atoms with E-state index in [1.54, 1.807) is 19.2 Å². The Labute approximate surface area is 119 Å². The van der Waals surface area contributed by atoms with E-state index in [2.05, 4.69) is 20.9 Å². The van der Waals surface area contributed by atoms with Crippen LogP contribution in [0.25, 0.3) is 0 Å². The topological polar surface area (TPSA) is 83.1 Å². The molecule has 1 unspecified atom stereocenters. The maximum Gasteiger partial charge on any atom is 0.252 e. The lowest BCUT2D eigenvalue weighted by Crippen LogP contribution is -2.41. The second-order valence-corrected chi connectivity index (χ2v) is 4.77. The fraction of sp³-hybridized carbons (Fsp3) is 0.500. The van der Waals surface area contributed by atoms with Crippen LogP contribution in [0, 0.1) is 5.92 Å². The average molecular weight is 278 g/mol. The van der Waals surface area contributed by atoms with Crippen molar-refractivity contribution in [1.82, 2.24) is 15.6 Å². The lowest BCUT2D eigenvalue weighted by Gasteiger charge is -2.21. The minimum Gasteiger partial charge on any atom is -0.358 e. The van der Waals surface area contributed by atoms with Gasteiger partial charge in [0.2, 0.25) is 5.91 Å². The van der Waals surface area contributed by atoms with Crippen molar-refractivity contribution in [3.05, 3.63) is 23.9 Å². The van der Waals surface area contributed by atoms with Crippen molar-refractivity contribution < 1.29 is 9.59 Å². The molecule has 0 aliphatic heterocycles. The van der Waals surface area contributed by atoms with E-state index < -0.39 is 0 Å². The molecular weight excluding hydrogens is 256 g/mol. The summed E-state index contributed by atoms with van der Waals surface area (Å²) in [5, 5.41) is 8.40. The third-order valence-corrected chi connectivity index (χ3v) is 2.86. The molecule has 110 valence electrons. The molecule has 1 heterocycles. The van der Waals surface area contributed by atoms with Crippen LogP contribution in [0.15, 0.2) is 18.3 Å². The Morgan fingerprint density at radius 2 is 2.00 bits per heavy atom. The molecule has 0 fully saturated rings. The Morgan fingerprint density at radius 1 is 1.30 bits per heavy atom. The second kappa shape index (κ2) is 7.47. The largest absolute Gasteiger partial charge is 0.358 e. The second-order valence-electron chi connectivity index (χ2n) is 4.77. The van der Waals surface area contributed by atoms with Gasteiger partial charge in [-0.15, -0.1) is 0 Å². The first-order valence-corrected chi connectivity index (χ1v) is 6.72. The van der Waals surface area contributed by atoms with Crippen LogP contribution >= 0.6 is 0 Å². The summed E-state index contributed by atoms with van der Waals surface area (Å²) < 4.78 is 0. The maximum atomic E-state index is 11.8. The quantitative estimate of drug-likeness (QED) is 0.725. The number of amides is 2. The molecular formula is C14H22N4O2. The van der Waals surface area contributed by atoms with Crippen LogP contribution in [0.5, 0.6) is 0 Å². The van der Waals surface area contributed by atoms with Gasteiger partial charge in [-0.2, -0.15) is 0 Å². The third kappa shape index (κ3) is 4.22. The van der Waals surface area contributed by atoms with Crippen molar-refractivity contribution >= 4 is 17.6 Å². The van der Waals surface area contributed by atoms with Crippen LogP contribution in [-0.2, 0) is 4.79 Å². The molecule has 0 aliphatic carbocycles. The van der Waals surface area contributed by atoms with E-state index in [-0.39, 0.29) is 23.8 Å². The highest BCUT2D eigenvalue weighted by Gasteiger charge is 2.21. The standard InChI is InChI=1S/C14H22N4O2/c1-5-16-13(19)10-6-7-11(17-8-10)18-12(9(2)3)14(20)15-4/h6-9,12H,5H2,1-4H3,(H,15,20)(H,16,19)(H,17,18). The number of carbonyl (C=O) groups is 2. The Hall–Kier alpha value is -2.11. The highest BCUT2D eigenvalue weighted by Crippen LogP contribution is 2.11. The van der Waals surface area contributed by atoms with Gasteiger partial charge in [-0.25, -0.2) is 4.98 Å². The van der Waals surface area contributed by atoms with Gasteiger partial charge in [0.1, 0.15) is 11.9 Å². The number of rotatable bonds is 6. The molecule has 6 heteroatoms. The summed E-state index contributed by atoms with van der Waals surface area (Å²) in [7, 11) is 1.60. The van der Waals surface area contributed by atoms with Gasteiger partial charge < -0.3 is 16.0 Å². The predicted molar refractivity (Wildman–Crippen MR) is 78.6 cm³/mol. The Kier molecular flexibility index (Phi) is 5.96. The van der Waals surface area contributed by atoms with E-state index in [4.69, 9.17) is 0 Å². The van der Waals surface area contributed by atoms with Crippen molar-refractivity contribution in [3.8, 4) is 0 Å². The Bertz CT molecular complexity index is 457. The zero-order valence-electron chi connectivity index (χ0n) is 12.4. The molecule has 1 atom stereocenters.